The summed E-state index contributed by atoms with van der Waals surface area (Å²) in [5.74, 6) is -1.66. The Hall–Kier alpha value is -3.22. The van der Waals surface area contributed by atoms with Gasteiger partial charge in [-0.05, 0) is 37.3 Å². The van der Waals surface area contributed by atoms with Gasteiger partial charge in [0.2, 0.25) is 5.82 Å². The number of thiocarbonyl (C=S) groups is 1. The van der Waals surface area contributed by atoms with Gasteiger partial charge in [0, 0.05) is 18.3 Å². The molecule has 0 aliphatic rings. The van der Waals surface area contributed by atoms with Crippen molar-refractivity contribution in [3.8, 4) is 0 Å². The number of alkyl halides is 6. The van der Waals surface area contributed by atoms with Crippen molar-refractivity contribution in [2.75, 3.05) is 11.4 Å². The van der Waals surface area contributed by atoms with Crippen LogP contribution in [0.25, 0.3) is 11.0 Å². The van der Waals surface area contributed by atoms with Gasteiger partial charge < -0.3 is 4.90 Å². The Kier molecular flexibility index (Phi) is 5.65. The number of nitro groups is 1. The highest BCUT2D eigenvalue weighted by atomic mass is 32.1. The second-order valence-corrected chi connectivity index (χ2v) is 6.61. The zero-order chi connectivity index (χ0) is 23.1. The van der Waals surface area contributed by atoms with E-state index in [1.807, 2.05) is 0 Å². The Morgan fingerprint density at radius 1 is 1.13 bits per heavy atom. The van der Waals surface area contributed by atoms with Crippen LogP contribution in [-0.2, 0) is 12.4 Å². The molecule has 31 heavy (non-hydrogen) atoms. The predicted octanol–water partition coefficient (Wildman–Crippen LogP) is 5.64. The fraction of sp³-hybridized carbons (Fsp3) is 0.222. The number of hydrogen-bond donors (Lipinski definition) is 0. The fourth-order valence-corrected chi connectivity index (χ4v) is 3.42. The Bertz CT molecular complexity index is 1160. The first-order valence-electron chi connectivity index (χ1n) is 8.58. The van der Waals surface area contributed by atoms with Crippen LogP contribution in [0, 0.1) is 10.1 Å². The smallest absolute Gasteiger partial charge is 0.319 e. The van der Waals surface area contributed by atoms with E-state index in [2.05, 4.69) is 4.98 Å². The monoisotopic (exact) mass is 462 g/mol. The molecule has 3 aromatic rings. The van der Waals surface area contributed by atoms with Crippen molar-refractivity contribution >= 4 is 39.7 Å². The van der Waals surface area contributed by atoms with Gasteiger partial charge >= 0.3 is 12.4 Å². The molecule has 1 aromatic heterocycles. The van der Waals surface area contributed by atoms with Gasteiger partial charge in [0.1, 0.15) is 0 Å². The third-order valence-corrected chi connectivity index (χ3v) is 4.73. The lowest BCUT2D eigenvalue weighted by Crippen LogP contribution is -2.36. The minimum absolute atomic E-state index is 0.0703. The number of hydrogen-bond acceptors (Lipinski definition) is 4. The van der Waals surface area contributed by atoms with E-state index in [4.69, 9.17) is 12.2 Å². The predicted molar refractivity (Wildman–Crippen MR) is 104 cm³/mol. The van der Waals surface area contributed by atoms with Gasteiger partial charge in [-0.2, -0.15) is 26.3 Å². The number of para-hydroxylation sites is 1. The SMILES string of the molecule is CCN(C(=S)n1c(C(F)(F)F)nc2c([N+](=O)[O-])cc(C(F)(F)F)cc21)c1ccccc1. The third kappa shape index (κ3) is 4.17. The highest BCUT2D eigenvalue weighted by Gasteiger charge is 2.42. The van der Waals surface area contributed by atoms with E-state index in [0.717, 1.165) is 0 Å². The number of aromatic nitrogens is 2. The first-order valence-corrected chi connectivity index (χ1v) is 8.99. The van der Waals surface area contributed by atoms with Crippen LogP contribution in [0.3, 0.4) is 0 Å². The van der Waals surface area contributed by atoms with Crippen molar-refractivity contribution in [1.29, 1.82) is 0 Å². The lowest BCUT2D eigenvalue weighted by molar-refractivity contribution is -0.383. The molecule has 0 saturated carbocycles. The first-order chi connectivity index (χ1) is 14.4. The van der Waals surface area contributed by atoms with Gasteiger partial charge in [0.25, 0.3) is 5.69 Å². The second-order valence-electron chi connectivity index (χ2n) is 6.25. The van der Waals surface area contributed by atoms with Crippen molar-refractivity contribution in [1.82, 2.24) is 9.55 Å². The van der Waals surface area contributed by atoms with Crippen LogP contribution in [0.4, 0.5) is 37.7 Å². The van der Waals surface area contributed by atoms with Gasteiger partial charge in [-0.25, -0.2) is 4.98 Å². The zero-order valence-corrected chi connectivity index (χ0v) is 16.3. The van der Waals surface area contributed by atoms with Crippen molar-refractivity contribution in [3.63, 3.8) is 0 Å². The van der Waals surface area contributed by atoms with Crippen molar-refractivity contribution in [2.24, 2.45) is 0 Å². The molecule has 164 valence electrons. The number of halogens is 6. The van der Waals surface area contributed by atoms with E-state index in [-0.39, 0.29) is 12.6 Å². The van der Waals surface area contributed by atoms with Crippen LogP contribution < -0.4 is 4.90 Å². The molecule has 0 unspecified atom stereocenters. The van der Waals surface area contributed by atoms with Crippen LogP contribution >= 0.6 is 12.2 Å². The summed E-state index contributed by atoms with van der Waals surface area (Å²) >= 11 is 5.20. The van der Waals surface area contributed by atoms with Crippen LogP contribution in [0.15, 0.2) is 42.5 Å². The highest BCUT2D eigenvalue weighted by molar-refractivity contribution is 7.80. The Morgan fingerprint density at radius 2 is 1.74 bits per heavy atom. The summed E-state index contributed by atoms with van der Waals surface area (Å²) in [5, 5.41) is 10.8. The van der Waals surface area contributed by atoms with Crippen molar-refractivity contribution in [3.05, 3.63) is 64.0 Å². The molecule has 1 heterocycles. The molecule has 0 amide bonds. The highest BCUT2D eigenvalue weighted by Crippen LogP contribution is 2.39. The maximum Gasteiger partial charge on any atom is 0.450 e. The van der Waals surface area contributed by atoms with E-state index in [1.54, 1.807) is 37.3 Å². The van der Waals surface area contributed by atoms with E-state index in [1.165, 1.54) is 4.90 Å². The maximum absolute atomic E-state index is 13.7. The summed E-state index contributed by atoms with van der Waals surface area (Å²) < 4.78 is 81.4. The Morgan fingerprint density at radius 3 is 2.23 bits per heavy atom. The molecular weight excluding hydrogens is 450 g/mol. The van der Waals surface area contributed by atoms with Crippen LogP contribution in [0.1, 0.15) is 18.3 Å². The summed E-state index contributed by atoms with van der Waals surface area (Å²) in [7, 11) is 0. The Balaban J connectivity index is 2.39. The summed E-state index contributed by atoms with van der Waals surface area (Å²) in [6, 6.07) is 8.48. The number of rotatable bonds is 3. The van der Waals surface area contributed by atoms with E-state index >= 15 is 0 Å². The molecule has 0 spiro atoms. The summed E-state index contributed by atoms with van der Waals surface area (Å²) in [5.41, 5.74) is -3.94. The molecule has 0 aliphatic heterocycles. The summed E-state index contributed by atoms with van der Waals surface area (Å²) in [4.78, 5) is 14.6. The lowest BCUT2D eigenvalue weighted by Gasteiger charge is -2.25. The number of non-ortho nitro benzene ring substituents is 1. The minimum Gasteiger partial charge on any atom is -0.319 e. The maximum atomic E-state index is 13.7. The van der Waals surface area contributed by atoms with Crippen LogP contribution in [0.5, 0.6) is 0 Å². The summed E-state index contributed by atoms with van der Waals surface area (Å²) in [6.45, 7) is 1.65. The molecule has 0 atom stereocenters. The standard InChI is InChI=1S/C18H12F6N4O2S/c1-2-26(11-6-4-3-5-7-11)16(31)27-12-8-10(17(19,20)21)9-13(28(29)30)14(12)25-15(27)18(22,23)24/h3-9H,2H2,1H3. The largest absolute Gasteiger partial charge is 0.450 e. The molecule has 3 rings (SSSR count). The average Bonchev–Trinajstić information content (AvgIpc) is 3.07. The zero-order valence-electron chi connectivity index (χ0n) is 15.5. The topological polar surface area (TPSA) is 64.2 Å². The van der Waals surface area contributed by atoms with Crippen LogP contribution in [-0.4, -0.2) is 26.1 Å². The van der Waals surface area contributed by atoms with Crippen molar-refractivity contribution in [2.45, 2.75) is 19.3 Å². The molecule has 0 radical (unpaired) electrons. The van der Waals surface area contributed by atoms with E-state index in [0.29, 0.717) is 16.3 Å². The number of anilines is 1. The molecule has 6 nitrogen and oxygen atoms in total. The number of nitro benzene ring substituents is 1. The molecule has 0 bridgehead atoms. The number of fused-ring (bicyclic) bond motifs is 1. The molecule has 0 fully saturated rings. The quantitative estimate of drug-likeness (QED) is 0.218. The average molecular weight is 462 g/mol. The third-order valence-electron chi connectivity index (χ3n) is 4.32. The molecule has 2 aromatic carbocycles. The molecular formula is C18H12F6N4O2S. The van der Waals surface area contributed by atoms with Gasteiger partial charge in [-0.1, -0.05) is 18.2 Å². The first kappa shape index (κ1) is 22.5. The van der Waals surface area contributed by atoms with Gasteiger partial charge in [0.05, 0.1) is 16.0 Å². The normalized spacial score (nSPS) is 12.2. The van der Waals surface area contributed by atoms with E-state index in [9.17, 15) is 36.5 Å². The van der Waals surface area contributed by atoms with Gasteiger partial charge in [-0.15, -0.1) is 0 Å². The summed E-state index contributed by atoms with van der Waals surface area (Å²) in [6.07, 6.45) is -10.2. The van der Waals surface area contributed by atoms with Gasteiger partial charge in [0.15, 0.2) is 10.6 Å². The fourth-order valence-electron chi connectivity index (χ4n) is 3.00. The lowest BCUT2D eigenvalue weighted by atomic mass is 10.1. The number of imidazole rings is 1. The molecule has 13 heteroatoms. The molecule has 0 saturated heterocycles. The second kappa shape index (κ2) is 7.80. The minimum atomic E-state index is -5.15. The Labute approximate surface area is 175 Å². The molecule has 0 aliphatic carbocycles. The van der Waals surface area contributed by atoms with Crippen LogP contribution in [0.2, 0.25) is 0 Å². The molecule has 0 N–H and O–H groups in total. The van der Waals surface area contributed by atoms with Gasteiger partial charge in [-0.3, -0.25) is 14.7 Å². The number of nitrogens with zero attached hydrogens (tertiary/aromatic N) is 4. The number of benzene rings is 2. The van der Waals surface area contributed by atoms with E-state index < -0.39 is 50.5 Å². The van der Waals surface area contributed by atoms with Crippen molar-refractivity contribution < 1.29 is 31.3 Å².